The van der Waals surface area contributed by atoms with Crippen molar-refractivity contribution in [3.8, 4) is 0 Å². The SMILES string of the molecule is Cn1c(C2c3nc[nH]c3CCN2Cc2ccco2)cc2ccccc21. The molecule has 0 spiro atoms. The summed E-state index contributed by atoms with van der Waals surface area (Å²) in [7, 11) is 2.14. The maximum atomic E-state index is 5.60. The molecule has 126 valence electrons. The van der Waals surface area contributed by atoms with Crippen molar-refractivity contribution >= 4 is 10.9 Å². The molecule has 0 saturated carbocycles. The maximum Gasteiger partial charge on any atom is 0.117 e. The monoisotopic (exact) mass is 332 g/mol. The number of furan rings is 1. The first-order valence-corrected chi connectivity index (χ1v) is 8.64. The normalized spacial score (nSPS) is 17.9. The van der Waals surface area contributed by atoms with Crippen molar-refractivity contribution in [1.29, 1.82) is 0 Å². The molecule has 25 heavy (non-hydrogen) atoms. The quantitative estimate of drug-likeness (QED) is 0.623. The number of aromatic amines is 1. The van der Waals surface area contributed by atoms with E-state index >= 15 is 0 Å². The van der Waals surface area contributed by atoms with Crippen molar-refractivity contribution in [3.63, 3.8) is 0 Å². The highest BCUT2D eigenvalue weighted by molar-refractivity contribution is 5.81. The summed E-state index contributed by atoms with van der Waals surface area (Å²) in [5.41, 5.74) is 4.88. The van der Waals surface area contributed by atoms with Crippen LogP contribution in [0.15, 0.2) is 59.5 Å². The van der Waals surface area contributed by atoms with Gasteiger partial charge >= 0.3 is 0 Å². The summed E-state index contributed by atoms with van der Waals surface area (Å²) in [4.78, 5) is 10.4. The molecule has 1 N–H and O–H groups in total. The second kappa shape index (κ2) is 5.63. The minimum absolute atomic E-state index is 0.123. The summed E-state index contributed by atoms with van der Waals surface area (Å²) < 4.78 is 7.89. The van der Waals surface area contributed by atoms with Gasteiger partial charge in [-0.25, -0.2) is 4.98 Å². The van der Waals surface area contributed by atoms with E-state index in [1.54, 1.807) is 6.26 Å². The van der Waals surface area contributed by atoms with Crippen molar-refractivity contribution in [2.24, 2.45) is 7.05 Å². The van der Waals surface area contributed by atoms with Crippen LogP contribution < -0.4 is 0 Å². The van der Waals surface area contributed by atoms with Crippen LogP contribution in [0.1, 0.15) is 28.9 Å². The van der Waals surface area contributed by atoms with Gasteiger partial charge in [-0.05, 0) is 29.7 Å². The van der Waals surface area contributed by atoms with E-state index < -0.39 is 0 Å². The third-order valence-corrected chi connectivity index (χ3v) is 5.23. The molecule has 0 bridgehead atoms. The van der Waals surface area contributed by atoms with E-state index in [0.717, 1.165) is 31.0 Å². The van der Waals surface area contributed by atoms with Gasteiger partial charge in [0.25, 0.3) is 0 Å². The van der Waals surface area contributed by atoms with Gasteiger partial charge in [0.05, 0.1) is 30.9 Å². The van der Waals surface area contributed by atoms with Gasteiger partial charge in [-0.15, -0.1) is 0 Å². The third kappa shape index (κ3) is 2.31. The molecule has 4 aromatic rings. The van der Waals surface area contributed by atoms with Crippen molar-refractivity contribution in [2.45, 2.75) is 19.0 Å². The lowest BCUT2D eigenvalue weighted by atomic mass is 9.99. The third-order valence-electron chi connectivity index (χ3n) is 5.23. The van der Waals surface area contributed by atoms with E-state index in [9.17, 15) is 0 Å². The van der Waals surface area contributed by atoms with Gasteiger partial charge in [-0.2, -0.15) is 0 Å². The molecule has 0 saturated heterocycles. The van der Waals surface area contributed by atoms with Crippen molar-refractivity contribution in [3.05, 3.63) is 77.9 Å². The average Bonchev–Trinajstić information content (AvgIpc) is 3.36. The van der Waals surface area contributed by atoms with Crippen molar-refractivity contribution < 1.29 is 4.42 Å². The first-order valence-electron chi connectivity index (χ1n) is 8.64. The summed E-state index contributed by atoms with van der Waals surface area (Å²) in [6.45, 7) is 1.76. The van der Waals surface area contributed by atoms with Gasteiger partial charge in [0.1, 0.15) is 5.76 Å². The molecule has 1 aliphatic rings. The maximum absolute atomic E-state index is 5.60. The highest BCUT2D eigenvalue weighted by atomic mass is 16.3. The fraction of sp³-hybridized carbons (Fsp3) is 0.250. The van der Waals surface area contributed by atoms with Crippen LogP contribution >= 0.6 is 0 Å². The number of nitrogens with zero attached hydrogens (tertiary/aromatic N) is 3. The van der Waals surface area contributed by atoms with Crippen LogP contribution in [-0.2, 0) is 20.0 Å². The van der Waals surface area contributed by atoms with Crippen molar-refractivity contribution in [1.82, 2.24) is 19.4 Å². The Kier molecular flexibility index (Phi) is 3.28. The zero-order valence-corrected chi connectivity index (χ0v) is 14.1. The molecule has 0 aliphatic carbocycles. The molecule has 1 atom stereocenters. The molecule has 0 amide bonds. The highest BCUT2D eigenvalue weighted by Gasteiger charge is 2.33. The van der Waals surface area contributed by atoms with E-state index in [0.29, 0.717) is 0 Å². The van der Waals surface area contributed by atoms with Crippen LogP contribution in [0.4, 0.5) is 0 Å². The molecule has 4 heterocycles. The van der Waals surface area contributed by atoms with Gasteiger partial charge in [-0.1, -0.05) is 18.2 Å². The fourth-order valence-corrected chi connectivity index (χ4v) is 4.00. The van der Waals surface area contributed by atoms with E-state index in [1.165, 1.54) is 22.3 Å². The largest absolute Gasteiger partial charge is 0.468 e. The van der Waals surface area contributed by atoms with Gasteiger partial charge in [0.2, 0.25) is 0 Å². The lowest BCUT2D eigenvalue weighted by molar-refractivity contribution is 0.180. The van der Waals surface area contributed by atoms with E-state index in [1.807, 2.05) is 18.5 Å². The minimum atomic E-state index is 0.123. The number of hydrogen-bond donors (Lipinski definition) is 1. The molecule has 3 aromatic heterocycles. The lowest BCUT2D eigenvalue weighted by Crippen LogP contribution is -2.36. The summed E-state index contributed by atoms with van der Waals surface area (Å²) in [6, 6.07) is 14.9. The Balaban J connectivity index is 1.64. The number of para-hydroxylation sites is 1. The molecule has 0 fully saturated rings. The standard InChI is InChI=1S/C20H20N4O/c1-23-17-7-3-2-5-14(17)11-18(23)20-19-16(21-13-22-19)8-9-24(20)12-15-6-4-10-25-15/h2-7,10-11,13,20H,8-9,12H2,1H3,(H,21,22). The number of rotatable bonds is 3. The first kappa shape index (κ1) is 14.5. The smallest absolute Gasteiger partial charge is 0.117 e. The number of H-pyrrole nitrogens is 1. The van der Waals surface area contributed by atoms with E-state index in [2.05, 4.69) is 56.8 Å². The Morgan fingerprint density at radius 3 is 3.00 bits per heavy atom. The van der Waals surface area contributed by atoms with Gasteiger partial charge < -0.3 is 14.0 Å². The summed E-state index contributed by atoms with van der Waals surface area (Å²) >= 11 is 0. The number of aryl methyl sites for hydroxylation is 1. The Bertz CT molecular complexity index is 1010. The van der Waals surface area contributed by atoms with E-state index in [-0.39, 0.29) is 6.04 Å². The highest BCUT2D eigenvalue weighted by Crippen LogP contribution is 2.36. The van der Waals surface area contributed by atoms with Crippen LogP contribution in [0.25, 0.3) is 10.9 Å². The zero-order chi connectivity index (χ0) is 16.8. The number of aromatic nitrogens is 3. The van der Waals surface area contributed by atoms with Crippen LogP contribution in [0.2, 0.25) is 0 Å². The lowest BCUT2D eigenvalue weighted by Gasteiger charge is -2.34. The second-order valence-corrected chi connectivity index (χ2v) is 6.66. The van der Waals surface area contributed by atoms with Gasteiger partial charge in [-0.3, -0.25) is 4.90 Å². The number of hydrogen-bond acceptors (Lipinski definition) is 3. The Morgan fingerprint density at radius 1 is 1.24 bits per heavy atom. The number of nitrogens with one attached hydrogen (secondary N) is 1. The molecule has 0 radical (unpaired) electrons. The number of fused-ring (bicyclic) bond motifs is 2. The summed E-state index contributed by atoms with van der Waals surface area (Å²) in [6.07, 6.45) is 4.54. The molecular weight excluding hydrogens is 312 g/mol. The van der Waals surface area contributed by atoms with Crippen LogP contribution in [0.3, 0.4) is 0 Å². The Labute approximate surface area is 145 Å². The Morgan fingerprint density at radius 2 is 2.16 bits per heavy atom. The molecule has 5 nitrogen and oxygen atoms in total. The van der Waals surface area contributed by atoms with Crippen LogP contribution in [-0.4, -0.2) is 26.0 Å². The van der Waals surface area contributed by atoms with Gasteiger partial charge in [0, 0.05) is 36.9 Å². The number of benzene rings is 1. The fourth-order valence-electron chi connectivity index (χ4n) is 4.00. The average molecular weight is 332 g/mol. The molecular formula is C20H20N4O. The van der Waals surface area contributed by atoms with E-state index in [4.69, 9.17) is 4.42 Å². The van der Waals surface area contributed by atoms with Crippen LogP contribution in [0.5, 0.6) is 0 Å². The molecule has 1 unspecified atom stereocenters. The second-order valence-electron chi connectivity index (χ2n) is 6.66. The predicted molar refractivity (Wildman–Crippen MR) is 96.2 cm³/mol. The predicted octanol–water partition coefficient (Wildman–Crippen LogP) is 3.64. The topological polar surface area (TPSA) is 50.0 Å². The van der Waals surface area contributed by atoms with Gasteiger partial charge in [0.15, 0.2) is 0 Å². The molecule has 1 aliphatic heterocycles. The van der Waals surface area contributed by atoms with Crippen LogP contribution in [0, 0.1) is 0 Å². The molecule has 5 heteroatoms. The molecule has 1 aromatic carbocycles. The minimum Gasteiger partial charge on any atom is -0.468 e. The zero-order valence-electron chi connectivity index (χ0n) is 14.1. The first-order chi connectivity index (χ1) is 12.3. The molecule has 5 rings (SSSR count). The summed E-state index contributed by atoms with van der Waals surface area (Å²) in [5.74, 6) is 0.989. The Hall–Kier alpha value is -2.79. The van der Waals surface area contributed by atoms with Crippen molar-refractivity contribution in [2.75, 3.05) is 6.54 Å². The summed E-state index contributed by atoms with van der Waals surface area (Å²) in [5, 5.41) is 1.26. The number of imidazole rings is 1.